The van der Waals surface area contributed by atoms with Crippen LogP contribution < -0.4 is 20.5 Å². The molecule has 6 heteroatoms. The van der Waals surface area contributed by atoms with Crippen LogP contribution in [0.5, 0.6) is 11.5 Å². The second-order valence-corrected chi connectivity index (χ2v) is 6.39. The summed E-state index contributed by atoms with van der Waals surface area (Å²) in [7, 11) is 3.23. The van der Waals surface area contributed by atoms with Crippen molar-refractivity contribution in [2.24, 2.45) is 22.6 Å². The summed E-state index contributed by atoms with van der Waals surface area (Å²) in [6.07, 6.45) is 6.53. The Bertz CT molecular complexity index is 537. The smallest absolute Gasteiger partial charge is 0.193 e. The first-order chi connectivity index (χ1) is 11.1. The SMILES string of the molecule is COc1ccc(NC(N)=NCCC2CCCC(C)C2)cc1OC.I. The topological polar surface area (TPSA) is 68.9 Å². The van der Waals surface area contributed by atoms with Gasteiger partial charge in [0.25, 0.3) is 0 Å². The van der Waals surface area contributed by atoms with Crippen LogP contribution in [0.3, 0.4) is 0 Å². The van der Waals surface area contributed by atoms with E-state index in [0.717, 1.165) is 30.5 Å². The fraction of sp³-hybridized carbons (Fsp3) is 0.611. The maximum Gasteiger partial charge on any atom is 0.193 e. The Labute approximate surface area is 162 Å². The Hall–Kier alpha value is -1.18. The number of anilines is 1. The van der Waals surface area contributed by atoms with E-state index in [1.807, 2.05) is 18.2 Å². The molecule has 1 aliphatic rings. The lowest BCUT2D eigenvalue weighted by molar-refractivity contribution is 0.273. The molecule has 24 heavy (non-hydrogen) atoms. The Kier molecular flexibility index (Phi) is 9.25. The van der Waals surface area contributed by atoms with Gasteiger partial charge in [-0.05, 0) is 36.8 Å². The number of hydrogen-bond donors (Lipinski definition) is 2. The molecule has 0 saturated heterocycles. The lowest BCUT2D eigenvalue weighted by Gasteiger charge is -2.26. The quantitative estimate of drug-likeness (QED) is 0.389. The van der Waals surface area contributed by atoms with E-state index in [4.69, 9.17) is 15.2 Å². The van der Waals surface area contributed by atoms with Crippen LogP contribution in [-0.2, 0) is 0 Å². The number of ether oxygens (including phenoxy) is 2. The Morgan fingerprint density at radius 3 is 2.67 bits per heavy atom. The van der Waals surface area contributed by atoms with Gasteiger partial charge >= 0.3 is 0 Å². The highest BCUT2D eigenvalue weighted by atomic mass is 127. The number of methoxy groups -OCH3 is 2. The molecule has 0 aromatic heterocycles. The fourth-order valence-electron chi connectivity index (χ4n) is 3.29. The number of nitrogens with one attached hydrogen (secondary N) is 1. The Balaban J connectivity index is 0.00000288. The van der Waals surface area contributed by atoms with Crippen LogP contribution in [0, 0.1) is 11.8 Å². The number of nitrogens with two attached hydrogens (primary N) is 1. The molecule has 0 amide bonds. The molecular weight excluding hydrogens is 417 g/mol. The van der Waals surface area contributed by atoms with E-state index in [9.17, 15) is 0 Å². The number of benzene rings is 1. The van der Waals surface area contributed by atoms with Crippen molar-refractivity contribution >= 4 is 35.6 Å². The van der Waals surface area contributed by atoms with Crippen LogP contribution in [0.15, 0.2) is 23.2 Å². The van der Waals surface area contributed by atoms with Crippen molar-refractivity contribution in [3.63, 3.8) is 0 Å². The minimum Gasteiger partial charge on any atom is -0.493 e. The molecule has 0 spiro atoms. The zero-order valence-electron chi connectivity index (χ0n) is 14.9. The summed E-state index contributed by atoms with van der Waals surface area (Å²) in [5.74, 6) is 3.47. The summed E-state index contributed by atoms with van der Waals surface area (Å²) in [4.78, 5) is 4.45. The van der Waals surface area contributed by atoms with Crippen LogP contribution >= 0.6 is 24.0 Å². The molecule has 2 unspecified atom stereocenters. The summed E-state index contributed by atoms with van der Waals surface area (Å²) >= 11 is 0. The normalized spacial score (nSPS) is 20.9. The predicted octanol–water partition coefficient (Wildman–Crippen LogP) is 4.26. The highest BCUT2D eigenvalue weighted by Crippen LogP contribution is 2.31. The van der Waals surface area contributed by atoms with E-state index in [1.165, 1.54) is 25.7 Å². The summed E-state index contributed by atoms with van der Waals surface area (Å²) in [5, 5.41) is 3.11. The molecule has 2 rings (SSSR count). The first-order valence-electron chi connectivity index (χ1n) is 8.41. The van der Waals surface area contributed by atoms with E-state index < -0.39 is 0 Å². The number of aliphatic imine (C=N–C) groups is 1. The Morgan fingerprint density at radius 2 is 2.00 bits per heavy atom. The monoisotopic (exact) mass is 447 g/mol. The molecule has 3 N–H and O–H groups in total. The molecule has 1 aromatic carbocycles. The molecule has 2 atom stereocenters. The van der Waals surface area contributed by atoms with Gasteiger partial charge < -0.3 is 20.5 Å². The van der Waals surface area contributed by atoms with E-state index >= 15 is 0 Å². The van der Waals surface area contributed by atoms with Crippen molar-refractivity contribution in [3.8, 4) is 11.5 Å². The molecule has 0 radical (unpaired) electrons. The Morgan fingerprint density at radius 1 is 1.25 bits per heavy atom. The van der Waals surface area contributed by atoms with Crippen LogP contribution in [0.2, 0.25) is 0 Å². The molecular formula is C18H30IN3O2. The number of rotatable bonds is 6. The van der Waals surface area contributed by atoms with Crippen LogP contribution in [0.1, 0.15) is 39.0 Å². The second kappa shape index (κ2) is 10.6. The third kappa shape index (κ3) is 6.37. The van der Waals surface area contributed by atoms with Gasteiger partial charge in [-0.25, -0.2) is 0 Å². The van der Waals surface area contributed by atoms with Gasteiger partial charge in [-0.1, -0.05) is 26.2 Å². The number of halogens is 1. The average molecular weight is 447 g/mol. The van der Waals surface area contributed by atoms with E-state index in [2.05, 4.69) is 17.2 Å². The van der Waals surface area contributed by atoms with Crippen molar-refractivity contribution in [1.29, 1.82) is 0 Å². The predicted molar refractivity (Wildman–Crippen MR) is 111 cm³/mol. The van der Waals surface area contributed by atoms with Crippen LogP contribution in [0.4, 0.5) is 5.69 Å². The van der Waals surface area contributed by atoms with Crippen LogP contribution in [0.25, 0.3) is 0 Å². The van der Waals surface area contributed by atoms with Crippen molar-refractivity contribution in [1.82, 2.24) is 0 Å². The molecule has 1 aromatic rings. The molecule has 1 fully saturated rings. The van der Waals surface area contributed by atoms with Gasteiger partial charge in [-0.2, -0.15) is 0 Å². The third-order valence-electron chi connectivity index (χ3n) is 4.52. The molecule has 0 bridgehead atoms. The highest BCUT2D eigenvalue weighted by molar-refractivity contribution is 14.0. The van der Waals surface area contributed by atoms with Gasteiger partial charge in [-0.3, -0.25) is 4.99 Å². The first-order valence-corrected chi connectivity index (χ1v) is 8.41. The zero-order chi connectivity index (χ0) is 16.7. The second-order valence-electron chi connectivity index (χ2n) is 6.39. The molecule has 0 heterocycles. The van der Waals surface area contributed by atoms with Crippen molar-refractivity contribution < 1.29 is 9.47 Å². The standard InChI is InChI=1S/C18H29N3O2.HI/c1-13-5-4-6-14(11-13)9-10-20-18(19)21-15-7-8-16(22-2)17(12-15)23-3;/h7-8,12-14H,4-6,9-11H2,1-3H3,(H3,19,20,21);1H. The summed E-state index contributed by atoms with van der Waals surface area (Å²) in [6.45, 7) is 3.13. The van der Waals surface area contributed by atoms with Gasteiger partial charge in [0.1, 0.15) is 0 Å². The molecule has 1 saturated carbocycles. The largest absolute Gasteiger partial charge is 0.493 e. The number of guanidine groups is 1. The van der Waals surface area contributed by atoms with E-state index in [0.29, 0.717) is 17.5 Å². The zero-order valence-corrected chi connectivity index (χ0v) is 17.2. The van der Waals surface area contributed by atoms with E-state index in [1.54, 1.807) is 14.2 Å². The third-order valence-corrected chi connectivity index (χ3v) is 4.52. The van der Waals surface area contributed by atoms with Gasteiger partial charge in [0, 0.05) is 18.3 Å². The van der Waals surface area contributed by atoms with Crippen molar-refractivity contribution in [2.45, 2.75) is 39.0 Å². The fourth-order valence-corrected chi connectivity index (χ4v) is 3.29. The molecule has 136 valence electrons. The van der Waals surface area contributed by atoms with Gasteiger partial charge in [0.15, 0.2) is 17.5 Å². The molecule has 0 aliphatic heterocycles. The lowest BCUT2D eigenvalue weighted by Crippen LogP contribution is -2.23. The number of nitrogens with zero attached hydrogens (tertiary/aromatic N) is 1. The first kappa shape index (κ1) is 20.9. The average Bonchev–Trinajstić information content (AvgIpc) is 2.54. The lowest BCUT2D eigenvalue weighted by atomic mass is 9.81. The minimum absolute atomic E-state index is 0. The maximum absolute atomic E-state index is 5.98. The van der Waals surface area contributed by atoms with Gasteiger partial charge in [-0.15, -0.1) is 24.0 Å². The van der Waals surface area contributed by atoms with Gasteiger partial charge in [0.2, 0.25) is 0 Å². The summed E-state index contributed by atoms with van der Waals surface area (Å²) < 4.78 is 10.5. The minimum atomic E-state index is 0. The van der Waals surface area contributed by atoms with Crippen molar-refractivity contribution in [2.75, 3.05) is 26.1 Å². The molecule has 5 nitrogen and oxygen atoms in total. The van der Waals surface area contributed by atoms with Crippen LogP contribution in [-0.4, -0.2) is 26.7 Å². The summed E-state index contributed by atoms with van der Waals surface area (Å²) in [6, 6.07) is 5.59. The van der Waals surface area contributed by atoms with Crippen molar-refractivity contribution in [3.05, 3.63) is 18.2 Å². The van der Waals surface area contributed by atoms with E-state index in [-0.39, 0.29) is 24.0 Å². The molecule has 1 aliphatic carbocycles. The number of hydrogen-bond acceptors (Lipinski definition) is 3. The van der Waals surface area contributed by atoms with Gasteiger partial charge in [0.05, 0.1) is 14.2 Å². The maximum atomic E-state index is 5.98. The highest BCUT2D eigenvalue weighted by Gasteiger charge is 2.18. The summed E-state index contributed by atoms with van der Waals surface area (Å²) in [5.41, 5.74) is 6.82.